The van der Waals surface area contributed by atoms with Gasteiger partial charge in [-0.25, -0.2) is 8.42 Å². The van der Waals surface area contributed by atoms with Gasteiger partial charge in [0.15, 0.2) is 0 Å². The molecule has 208 valence electrons. The van der Waals surface area contributed by atoms with Gasteiger partial charge in [-0.3, -0.25) is 13.9 Å². The fourth-order valence-electron chi connectivity index (χ4n) is 4.38. The second-order valence-corrected chi connectivity index (χ2v) is 11.9. The first-order valence-electron chi connectivity index (χ1n) is 13.2. The Morgan fingerprint density at radius 3 is 2.03 bits per heavy atom. The van der Waals surface area contributed by atoms with Crippen LogP contribution in [0.5, 0.6) is 0 Å². The number of anilines is 1. The molecule has 0 aromatic heterocycles. The van der Waals surface area contributed by atoms with Crippen LogP contribution in [-0.4, -0.2) is 50.0 Å². The molecule has 0 radical (unpaired) electrons. The summed E-state index contributed by atoms with van der Waals surface area (Å²) in [5.74, 6) is -0.722. The highest BCUT2D eigenvalue weighted by atomic mass is 32.2. The number of rotatable bonds is 12. The van der Waals surface area contributed by atoms with Crippen LogP contribution in [0.3, 0.4) is 0 Å². The minimum absolute atomic E-state index is 0.0769. The van der Waals surface area contributed by atoms with Crippen LogP contribution in [0.1, 0.15) is 42.5 Å². The molecule has 0 aliphatic heterocycles. The Morgan fingerprint density at radius 1 is 0.872 bits per heavy atom. The Balaban J connectivity index is 2.06. The van der Waals surface area contributed by atoms with Crippen LogP contribution < -0.4 is 9.62 Å². The average Bonchev–Trinajstić information content (AvgIpc) is 2.91. The fourth-order valence-corrected chi connectivity index (χ4v) is 5.28. The zero-order valence-electron chi connectivity index (χ0n) is 23.4. The largest absolute Gasteiger partial charge is 0.352 e. The molecule has 0 saturated heterocycles. The smallest absolute Gasteiger partial charge is 0.244 e. The second-order valence-electron chi connectivity index (χ2n) is 10.0. The summed E-state index contributed by atoms with van der Waals surface area (Å²) in [6.45, 7) is 7.39. The fraction of sp³-hybridized carbons (Fsp3) is 0.355. The maximum Gasteiger partial charge on any atom is 0.244 e. The lowest BCUT2D eigenvalue weighted by atomic mass is 10.0. The molecule has 0 spiro atoms. The molecule has 0 aliphatic rings. The Hall–Kier alpha value is -3.65. The molecule has 0 aliphatic carbocycles. The number of sulfonamides is 1. The number of benzene rings is 3. The number of nitrogens with one attached hydrogen (secondary N) is 1. The number of nitrogens with zero attached hydrogens (tertiary/aromatic N) is 2. The minimum atomic E-state index is -3.80. The summed E-state index contributed by atoms with van der Waals surface area (Å²) in [6.07, 6.45) is 2.13. The average molecular weight is 550 g/mol. The van der Waals surface area contributed by atoms with Gasteiger partial charge >= 0.3 is 0 Å². The molecular formula is C31H39N3O4S. The van der Waals surface area contributed by atoms with Gasteiger partial charge in [-0.05, 0) is 55.5 Å². The predicted molar refractivity (Wildman–Crippen MR) is 157 cm³/mol. The maximum absolute atomic E-state index is 14.1. The first kappa shape index (κ1) is 29.9. The summed E-state index contributed by atoms with van der Waals surface area (Å²) >= 11 is 0. The van der Waals surface area contributed by atoms with E-state index in [2.05, 4.69) is 5.32 Å². The third-order valence-corrected chi connectivity index (χ3v) is 8.12. The molecule has 8 heteroatoms. The Labute approximate surface area is 232 Å². The molecule has 0 saturated carbocycles. The number of carbonyl (C=O) groups is 2. The van der Waals surface area contributed by atoms with Crippen LogP contribution in [0.2, 0.25) is 0 Å². The molecule has 0 fully saturated rings. The minimum Gasteiger partial charge on any atom is -0.352 e. The van der Waals surface area contributed by atoms with Gasteiger partial charge in [0.1, 0.15) is 12.6 Å². The Kier molecular flexibility index (Phi) is 10.3. The van der Waals surface area contributed by atoms with Gasteiger partial charge in [0.25, 0.3) is 0 Å². The number of hydrogen-bond donors (Lipinski definition) is 1. The summed E-state index contributed by atoms with van der Waals surface area (Å²) < 4.78 is 27.1. The van der Waals surface area contributed by atoms with E-state index in [-0.39, 0.29) is 18.5 Å². The van der Waals surface area contributed by atoms with Crippen molar-refractivity contribution in [2.45, 2.75) is 59.2 Å². The van der Waals surface area contributed by atoms with Crippen molar-refractivity contribution in [3.8, 4) is 0 Å². The summed E-state index contributed by atoms with van der Waals surface area (Å²) in [5, 5.41) is 3.04. The summed E-state index contributed by atoms with van der Waals surface area (Å²) in [4.78, 5) is 29.3. The molecule has 0 heterocycles. The van der Waals surface area contributed by atoms with Gasteiger partial charge in [0, 0.05) is 19.0 Å². The lowest BCUT2D eigenvalue weighted by Crippen LogP contribution is -2.54. The van der Waals surface area contributed by atoms with Gasteiger partial charge in [0.2, 0.25) is 21.8 Å². The van der Waals surface area contributed by atoms with Crippen LogP contribution in [0.25, 0.3) is 0 Å². The van der Waals surface area contributed by atoms with Crippen molar-refractivity contribution < 1.29 is 18.0 Å². The van der Waals surface area contributed by atoms with Crippen molar-refractivity contribution >= 4 is 27.5 Å². The van der Waals surface area contributed by atoms with Crippen molar-refractivity contribution in [3.05, 3.63) is 101 Å². The SMILES string of the molecule is CC[C@H](C)NC(=O)[C@@H](Cc1ccccc1)N(Cc1ccccc1)C(=O)CN(c1cccc(C)c1C)S(C)(=O)=O. The molecule has 2 atom stereocenters. The first-order valence-corrected chi connectivity index (χ1v) is 15.1. The highest BCUT2D eigenvalue weighted by Gasteiger charge is 2.33. The highest BCUT2D eigenvalue weighted by molar-refractivity contribution is 7.92. The van der Waals surface area contributed by atoms with E-state index in [1.54, 1.807) is 12.1 Å². The van der Waals surface area contributed by atoms with Crippen LogP contribution >= 0.6 is 0 Å². The van der Waals surface area contributed by atoms with Crippen LogP contribution in [-0.2, 0) is 32.6 Å². The zero-order chi connectivity index (χ0) is 28.6. The molecular weight excluding hydrogens is 510 g/mol. The predicted octanol–water partition coefficient (Wildman–Crippen LogP) is 4.62. The van der Waals surface area contributed by atoms with Gasteiger partial charge in [-0.15, -0.1) is 0 Å². The number of aryl methyl sites for hydroxylation is 1. The van der Waals surface area contributed by atoms with Gasteiger partial charge in [0.05, 0.1) is 11.9 Å². The van der Waals surface area contributed by atoms with Gasteiger partial charge in [-0.2, -0.15) is 0 Å². The van der Waals surface area contributed by atoms with E-state index in [0.717, 1.165) is 39.2 Å². The topological polar surface area (TPSA) is 86.8 Å². The van der Waals surface area contributed by atoms with E-state index in [4.69, 9.17) is 0 Å². The van der Waals surface area contributed by atoms with E-state index >= 15 is 0 Å². The van der Waals surface area contributed by atoms with E-state index < -0.39 is 28.5 Å². The summed E-state index contributed by atoms with van der Waals surface area (Å²) in [5.41, 5.74) is 3.90. The molecule has 2 amide bonds. The van der Waals surface area contributed by atoms with Gasteiger partial charge in [-0.1, -0.05) is 79.7 Å². The van der Waals surface area contributed by atoms with E-state index in [1.165, 1.54) is 4.90 Å². The molecule has 39 heavy (non-hydrogen) atoms. The van der Waals surface area contributed by atoms with Crippen LogP contribution in [0.4, 0.5) is 5.69 Å². The second kappa shape index (κ2) is 13.4. The third-order valence-electron chi connectivity index (χ3n) is 6.99. The normalized spacial score (nSPS) is 12.8. The summed E-state index contributed by atoms with van der Waals surface area (Å²) in [7, 11) is -3.80. The molecule has 0 unspecified atom stereocenters. The third kappa shape index (κ3) is 8.17. The van der Waals surface area contributed by atoms with E-state index in [9.17, 15) is 18.0 Å². The lowest BCUT2D eigenvalue weighted by Gasteiger charge is -2.34. The summed E-state index contributed by atoms with van der Waals surface area (Å²) in [6, 6.07) is 23.4. The number of carbonyl (C=O) groups excluding carboxylic acids is 2. The Morgan fingerprint density at radius 2 is 1.46 bits per heavy atom. The quantitative estimate of drug-likeness (QED) is 0.357. The monoisotopic (exact) mass is 549 g/mol. The van der Waals surface area contributed by atoms with E-state index in [0.29, 0.717) is 12.1 Å². The lowest BCUT2D eigenvalue weighted by molar-refractivity contribution is -0.140. The highest BCUT2D eigenvalue weighted by Crippen LogP contribution is 2.26. The van der Waals surface area contributed by atoms with Gasteiger partial charge < -0.3 is 10.2 Å². The molecule has 1 N–H and O–H groups in total. The van der Waals surface area contributed by atoms with E-state index in [1.807, 2.05) is 94.4 Å². The Bertz CT molecular complexity index is 1360. The van der Waals surface area contributed by atoms with Crippen molar-refractivity contribution in [2.75, 3.05) is 17.1 Å². The molecule has 3 aromatic carbocycles. The van der Waals surface area contributed by atoms with Crippen molar-refractivity contribution in [3.63, 3.8) is 0 Å². The molecule has 3 rings (SSSR count). The molecule has 7 nitrogen and oxygen atoms in total. The van der Waals surface area contributed by atoms with Crippen LogP contribution in [0.15, 0.2) is 78.9 Å². The van der Waals surface area contributed by atoms with Crippen molar-refractivity contribution in [1.82, 2.24) is 10.2 Å². The van der Waals surface area contributed by atoms with Crippen molar-refractivity contribution in [2.24, 2.45) is 0 Å². The van der Waals surface area contributed by atoms with Crippen LogP contribution in [0, 0.1) is 13.8 Å². The molecule has 3 aromatic rings. The molecule has 0 bridgehead atoms. The zero-order valence-corrected chi connectivity index (χ0v) is 24.2. The standard InChI is InChI=1S/C31H39N3O4S/c1-6-24(3)32-31(36)29(20-26-15-9-7-10-16-26)33(21-27-17-11-8-12-18-27)30(35)22-34(39(5,37)38)28-19-13-14-23(2)25(28)4/h7-19,24,29H,6,20-22H2,1-5H3,(H,32,36)/t24-,29+/m0/s1. The number of amides is 2. The first-order chi connectivity index (χ1) is 18.5. The maximum atomic E-state index is 14.1. The number of hydrogen-bond acceptors (Lipinski definition) is 4. The van der Waals surface area contributed by atoms with Crippen molar-refractivity contribution in [1.29, 1.82) is 0 Å².